The number of rotatable bonds is 3. The Kier molecular flexibility index (Phi) is 4.86. The van der Waals surface area contributed by atoms with Crippen LogP contribution >= 0.6 is 0 Å². The van der Waals surface area contributed by atoms with Gasteiger partial charge in [-0.05, 0) is 31.7 Å². The molecule has 0 radical (unpaired) electrons. The molecule has 7 heteroatoms. The Morgan fingerprint density at radius 3 is 2.27 bits per heavy atom. The van der Waals surface area contributed by atoms with Gasteiger partial charge in [0.05, 0.1) is 0 Å². The molecule has 2 aromatic rings. The second kappa shape index (κ2) is 7.43. The second-order valence-electron chi connectivity index (χ2n) is 7.36. The fourth-order valence-corrected chi connectivity index (χ4v) is 3.87. The minimum atomic E-state index is 0.738. The van der Waals surface area contributed by atoms with Crippen molar-refractivity contribution in [1.29, 1.82) is 0 Å². The highest BCUT2D eigenvalue weighted by molar-refractivity contribution is 5.52. The van der Waals surface area contributed by atoms with Crippen molar-refractivity contribution >= 4 is 17.5 Å². The highest BCUT2D eigenvalue weighted by atomic mass is 15.3. The zero-order chi connectivity index (χ0) is 17.9. The molecule has 4 rings (SSSR count). The van der Waals surface area contributed by atoms with Crippen LogP contribution in [-0.4, -0.2) is 59.2 Å². The Morgan fingerprint density at radius 2 is 1.58 bits per heavy atom. The first kappa shape index (κ1) is 17.0. The Hall–Kier alpha value is -2.44. The highest BCUT2D eigenvalue weighted by Gasteiger charge is 2.22. The topological polar surface area (TPSA) is 61.3 Å². The molecule has 0 aromatic carbocycles. The molecular formula is C19H27N7. The van der Waals surface area contributed by atoms with Crippen molar-refractivity contribution in [2.45, 2.75) is 26.7 Å². The molecule has 0 amide bonds. The standard InChI is InChI=1S/C19H27N7/c1-15-4-3-7-26(13-15)19-12-18(21-14-22-19)25-10-8-24(9-11-25)17-5-6-20-16(2)23-17/h5-6,12,14-15H,3-4,7-11,13H2,1-2H3. The van der Waals surface area contributed by atoms with E-state index in [1.54, 1.807) is 6.33 Å². The first-order chi connectivity index (χ1) is 12.7. The highest BCUT2D eigenvalue weighted by Crippen LogP contribution is 2.24. The Labute approximate surface area is 155 Å². The lowest BCUT2D eigenvalue weighted by Gasteiger charge is -2.36. The minimum Gasteiger partial charge on any atom is -0.356 e. The molecule has 0 aliphatic carbocycles. The van der Waals surface area contributed by atoms with Crippen molar-refractivity contribution in [1.82, 2.24) is 19.9 Å². The third-order valence-corrected chi connectivity index (χ3v) is 5.31. The summed E-state index contributed by atoms with van der Waals surface area (Å²) in [6.07, 6.45) is 6.11. The van der Waals surface area contributed by atoms with E-state index < -0.39 is 0 Å². The lowest BCUT2D eigenvalue weighted by molar-refractivity contribution is 0.444. The Balaban J connectivity index is 1.42. The van der Waals surface area contributed by atoms with Gasteiger partial charge >= 0.3 is 0 Å². The molecule has 138 valence electrons. The van der Waals surface area contributed by atoms with E-state index in [1.807, 2.05) is 19.2 Å². The lowest BCUT2D eigenvalue weighted by Crippen LogP contribution is -2.47. The molecule has 0 bridgehead atoms. The maximum atomic E-state index is 4.54. The van der Waals surface area contributed by atoms with Crippen LogP contribution in [-0.2, 0) is 0 Å². The van der Waals surface area contributed by atoms with E-state index in [0.29, 0.717) is 0 Å². The van der Waals surface area contributed by atoms with Crippen LogP contribution < -0.4 is 14.7 Å². The zero-order valence-electron chi connectivity index (χ0n) is 15.7. The van der Waals surface area contributed by atoms with Crippen LogP contribution in [0.25, 0.3) is 0 Å². The zero-order valence-corrected chi connectivity index (χ0v) is 15.7. The fourth-order valence-electron chi connectivity index (χ4n) is 3.87. The lowest BCUT2D eigenvalue weighted by atomic mass is 10.0. The third kappa shape index (κ3) is 3.71. The summed E-state index contributed by atoms with van der Waals surface area (Å²) in [6, 6.07) is 4.14. The molecule has 2 saturated heterocycles. The van der Waals surface area contributed by atoms with E-state index in [4.69, 9.17) is 0 Å². The monoisotopic (exact) mass is 353 g/mol. The average Bonchev–Trinajstić information content (AvgIpc) is 2.68. The number of hydrogen-bond donors (Lipinski definition) is 0. The van der Waals surface area contributed by atoms with E-state index >= 15 is 0 Å². The molecule has 4 heterocycles. The van der Waals surface area contributed by atoms with E-state index in [-0.39, 0.29) is 0 Å². The molecule has 0 N–H and O–H groups in total. The van der Waals surface area contributed by atoms with E-state index in [9.17, 15) is 0 Å². The molecule has 2 aliphatic heterocycles. The van der Waals surface area contributed by atoms with Crippen LogP contribution in [0.1, 0.15) is 25.6 Å². The van der Waals surface area contributed by atoms with Crippen LogP contribution in [0.2, 0.25) is 0 Å². The van der Waals surface area contributed by atoms with Crippen LogP contribution in [0.4, 0.5) is 17.5 Å². The van der Waals surface area contributed by atoms with Crippen molar-refractivity contribution in [3.63, 3.8) is 0 Å². The number of nitrogens with zero attached hydrogens (tertiary/aromatic N) is 7. The second-order valence-corrected chi connectivity index (χ2v) is 7.36. The largest absolute Gasteiger partial charge is 0.356 e. The summed E-state index contributed by atoms with van der Waals surface area (Å²) < 4.78 is 0. The average molecular weight is 353 g/mol. The van der Waals surface area contributed by atoms with Gasteiger partial charge in [-0.3, -0.25) is 0 Å². The van der Waals surface area contributed by atoms with Crippen molar-refractivity contribution in [2.24, 2.45) is 5.92 Å². The van der Waals surface area contributed by atoms with Crippen LogP contribution in [0.5, 0.6) is 0 Å². The molecule has 2 aromatic heterocycles. The minimum absolute atomic E-state index is 0.738. The van der Waals surface area contributed by atoms with Crippen molar-refractivity contribution in [3.8, 4) is 0 Å². The molecule has 0 spiro atoms. The van der Waals surface area contributed by atoms with E-state index in [2.05, 4.69) is 47.6 Å². The first-order valence-corrected chi connectivity index (χ1v) is 9.55. The molecule has 2 aliphatic rings. The smallest absolute Gasteiger partial charge is 0.134 e. The Morgan fingerprint density at radius 1 is 0.885 bits per heavy atom. The predicted molar refractivity (Wildman–Crippen MR) is 104 cm³/mol. The van der Waals surface area contributed by atoms with Crippen molar-refractivity contribution < 1.29 is 0 Å². The number of anilines is 3. The first-order valence-electron chi connectivity index (χ1n) is 9.55. The molecule has 1 unspecified atom stereocenters. The third-order valence-electron chi connectivity index (χ3n) is 5.31. The van der Waals surface area contributed by atoms with Gasteiger partial charge in [0, 0.05) is 51.5 Å². The number of hydrogen-bond acceptors (Lipinski definition) is 7. The summed E-state index contributed by atoms with van der Waals surface area (Å²) in [7, 11) is 0. The quantitative estimate of drug-likeness (QED) is 0.838. The SMILES string of the molecule is Cc1nccc(N2CCN(c3cc(N4CCCC(C)C4)ncn3)CC2)n1. The molecule has 0 saturated carbocycles. The summed E-state index contributed by atoms with van der Waals surface area (Å²) in [5.74, 6) is 4.67. The van der Waals surface area contributed by atoms with E-state index in [0.717, 1.165) is 68.5 Å². The molecule has 1 atom stereocenters. The van der Waals surface area contributed by atoms with Gasteiger partial charge in [-0.25, -0.2) is 19.9 Å². The fraction of sp³-hybridized carbons (Fsp3) is 0.579. The van der Waals surface area contributed by atoms with Gasteiger partial charge in [0.2, 0.25) is 0 Å². The Bertz CT molecular complexity index is 742. The number of piperidine rings is 1. The molecule has 26 heavy (non-hydrogen) atoms. The van der Waals surface area contributed by atoms with Gasteiger partial charge < -0.3 is 14.7 Å². The number of piperazine rings is 1. The van der Waals surface area contributed by atoms with Crippen molar-refractivity contribution in [2.75, 3.05) is 54.0 Å². The predicted octanol–water partition coefficient (Wildman–Crippen LogP) is 2.14. The summed E-state index contributed by atoms with van der Waals surface area (Å²) in [4.78, 5) is 24.9. The maximum Gasteiger partial charge on any atom is 0.134 e. The van der Waals surface area contributed by atoms with Crippen LogP contribution in [0.15, 0.2) is 24.7 Å². The van der Waals surface area contributed by atoms with Gasteiger partial charge in [-0.2, -0.15) is 0 Å². The van der Waals surface area contributed by atoms with Gasteiger partial charge in [0.15, 0.2) is 0 Å². The number of aryl methyl sites for hydroxylation is 1. The summed E-state index contributed by atoms with van der Waals surface area (Å²) in [5.41, 5.74) is 0. The summed E-state index contributed by atoms with van der Waals surface area (Å²) >= 11 is 0. The normalized spacial score (nSPS) is 21.2. The summed E-state index contributed by atoms with van der Waals surface area (Å²) in [5, 5.41) is 0. The van der Waals surface area contributed by atoms with Gasteiger partial charge in [-0.15, -0.1) is 0 Å². The molecular weight excluding hydrogens is 326 g/mol. The van der Waals surface area contributed by atoms with Gasteiger partial charge in [0.1, 0.15) is 29.6 Å². The van der Waals surface area contributed by atoms with Gasteiger partial charge in [0.25, 0.3) is 0 Å². The number of aromatic nitrogens is 4. The van der Waals surface area contributed by atoms with Crippen LogP contribution in [0, 0.1) is 12.8 Å². The van der Waals surface area contributed by atoms with Gasteiger partial charge in [-0.1, -0.05) is 6.92 Å². The van der Waals surface area contributed by atoms with Crippen molar-refractivity contribution in [3.05, 3.63) is 30.5 Å². The summed E-state index contributed by atoms with van der Waals surface area (Å²) in [6.45, 7) is 10.2. The maximum absolute atomic E-state index is 4.54. The molecule has 7 nitrogen and oxygen atoms in total. The van der Waals surface area contributed by atoms with E-state index in [1.165, 1.54) is 12.8 Å². The van der Waals surface area contributed by atoms with Crippen LogP contribution in [0.3, 0.4) is 0 Å². The molecule has 2 fully saturated rings.